The first kappa shape index (κ1) is 15.2. The topological polar surface area (TPSA) is 54.7 Å². The lowest BCUT2D eigenvalue weighted by Crippen LogP contribution is -2.08. The third-order valence-electron chi connectivity index (χ3n) is 3.80. The summed E-state index contributed by atoms with van der Waals surface area (Å²) in [6.45, 7) is 4.99. The summed E-state index contributed by atoms with van der Waals surface area (Å²) in [6.07, 6.45) is 4.43. The van der Waals surface area contributed by atoms with E-state index in [2.05, 4.69) is 48.7 Å². The molecule has 0 aliphatic heterocycles. The van der Waals surface area contributed by atoms with Gasteiger partial charge in [0.1, 0.15) is 11.8 Å². The number of unbranched alkanes of at least 4 members (excludes halogenated alkanes) is 2. The van der Waals surface area contributed by atoms with E-state index in [0.29, 0.717) is 12.2 Å². The average Bonchev–Trinajstić information content (AvgIpc) is 2.76. The highest BCUT2D eigenvalue weighted by molar-refractivity contribution is 5.51. The Morgan fingerprint density at radius 1 is 1.24 bits per heavy atom. The predicted molar refractivity (Wildman–Crippen MR) is 87.1 cm³/mol. The van der Waals surface area contributed by atoms with Crippen molar-refractivity contribution in [3.05, 3.63) is 52.8 Å². The van der Waals surface area contributed by atoms with E-state index in [0.717, 1.165) is 24.2 Å². The highest BCUT2D eigenvalue weighted by atomic mass is 15.0. The Bertz CT molecular complexity index is 647. The van der Waals surface area contributed by atoms with Crippen LogP contribution in [0.15, 0.2) is 30.3 Å². The maximum atomic E-state index is 9.33. The predicted octanol–water partition coefficient (Wildman–Crippen LogP) is 4.03. The van der Waals surface area contributed by atoms with Crippen LogP contribution in [0.4, 0.5) is 5.69 Å². The van der Waals surface area contributed by atoms with E-state index in [-0.39, 0.29) is 0 Å². The molecule has 0 aliphatic rings. The molecule has 21 heavy (non-hydrogen) atoms. The second-order valence-electron chi connectivity index (χ2n) is 5.58. The molecule has 0 aliphatic carbocycles. The van der Waals surface area contributed by atoms with E-state index in [1.54, 1.807) is 6.07 Å². The van der Waals surface area contributed by atoms with E-state index in [9.17, 15) is 5.26 Å². The zero-order chi connectivity index (χ0) is 15.2. The molecule has 3 heteroatoms. The van der Waals surface area contributed by atoms with E-state index in [4.69, 9.17) is 5.73 Å². The minimum atomic E-state index is 0.653. The minimum Gasteiger partial charge on any atom is -0.397 e. The molecular weight excluding hydrogens is 258 g/mol. The third kappa shape index (κ3) is 3.66. The number of rotatable bonds is 6. The van der Waals surface area contributed by atoms with Crippen LogP contribution in [-0.2, 0) is 13.0 Å². The Morgan fingerprint density at radius 2 is 2.05 bits per heavy atom. The van der Waals surface area contributed by atoms with E-state index in [1.165, 1.54) is 24.0 Å². The lowest BCUT2D eigenvalue weighted by atomic mass is 10.1. The number of nitrogens with zero attached hydrogens (tertiary/aromatic N) is 2. The van der Waals surface area contributed by atoms with Crippen molar-refractivity contribution in [2.45, 2.75) is 46.1 Å². The van der Waals surface area contributed by atoms with Crippen LogP contribution in [0, 0.1) is 18.3 Å². The summed E-state index contributed by atoms with van der Waals surface area (Å²) >= 11 is 0. The Hall–Kier alpha value is -2.21. The number of benzene rings is 1. The third-order valence-corrected chi connectivity index (χ3v) is 3.80. The average molecular weight is 281 g/mol. The first-order valence-electron chi connectivity index (χ1n) is 7.59. The van der Waals surface area contributed by atoms with Crippen molar-refractivity contribution in [2.75, 3.05) is 5.73 Å². The van der Waals surface area contributed by atoms with Crippen molar-refractivity contribution in [1.29, 1.82) is 5.26 Å². The van der Waals surface area contributed by atoms with Crippen LogP contribution in [0.25, 0.3) is 0 Å². The van der Waals surface area contributed by atoms with Gasteiger partial charge in [-0.2, -0.15) is 5.26 Å². The molecule has 2 aromatic rings. The molecule has 1 heterocycles. The fourth-order valence-electron chi connectivity index (χ4n) is 2.70. The second kappa shape index (κ2) is 6.99. The second-order valence-corrected chi connectivity index (χ2v) is 5.58. The van der Waals surface area contributed by atoms with Gasteiger partial charge < -0.3 is 10.3 Å². The molecule has 0 bridgehead atoms. The van der Waals surface area contributed by atoms with E-state index in [1.807, 2.05) is 0 Å². The van der Waals surface area contributed by atoms with E-state index < -0.39 is 0 Å². The van der Waals surface area contributed by atoms with Gasteiger partial charge in [-0.1, -0.05) is 49.6 Å². The van der Waals surface area contributed by atoms with Crippen LogP contribution in [0.1, 0.15) is 48.7 Å². The minimum absolute atomic E-state index is 0.653. The van der Waals surface area contributed by atoms with Crippen LogP contribution < -0.4 is 5.73 Å². The van der Waals surface area contributed by atoms with Gasteiger partial charge in [0.05, 0.1) is 5.69 Å². The van der Waals surface area contributed by atoms with Crippen LogP contribution in [-0.4, -0.2) is 4.57 Å². The maximum absolute atomic E-state index is 9.33. The number of nitrogen functional groups attached to an aromatic ring is 1. The van der Waals surface area contributed by atoms with Crippen LogP contribution in [0.2, 0.25) is 0 Å². The molecule has 0 saturated heterocycles. The van der Waals surface area contributed by atoms with Crippen molar-refractivity contribution < 1.29 is 0 Å². The van der Waals surface area contributed by atoms with Gasteiger partial charge in [-0.25, -0.2) is 0 Å². The molecule has 0 saturated carbocycles. The molecule has 0 radical (unpaired) electrons. The molecule has 1 aromatic carbocycles. The standard InChI is InChI=1S/C18H23N3/c1-3-4-5-9-18-17(20)11-16(12-19)21(18)13-15-8-6-7-14(2)10-15/h6-8,10-11H,3-5,9,13,20H2,1-2H3. The Morgan fingerprint density at radius 3 is 2.71 bits per heavy atom. The molecule has 3 nitrogen and oxygen atoms in total. The van der Waals surface area contributed by atoms with Gasteiger partial charge in [0.15, 0.2) is 0 Å². The summed E-state index contributed by atoms with van der Waals surface area (Å²) < 4.78 is 2.07. The largest absolute Gasteiger partial charge is 0.397 e. The lowest BCUT2D eigenvalue weighted by molar-refractivity contribution is 0.664. The summed E-state index contributed by atoms with van der Waals surface area (Å²) in [5.41, 5.74) is 11.1. The lowest BCUT2D eigenvalue weighted by Gasteiger charge is -2.12. The zero-order valence-electron chi connectivity index (χ0n) is 12.9. The van der Waals surface area contributed by atoms with Crippen molar-refractivity contribution in [3.63, 3.8) is 0 Å². The van der Waals surface area contributed by atoms with Crippen LogP contribution in [0.5, 0.6) is 0 Å². The van der Waals surface area contributed by atoms with E-state index >= 15 is 0 Å². The van der Waals surface area contributed by atoms with Gasteiger partial charge in [0.25, 0.3) is 0 Å². The van der Waals surface area contributed by atoms with Crippen LogP contribution >= 0.6 is 0 Å². The normalized spacial score (nSPS) is 10.5. The molecule has 2 rings (SSSR count). The number of hydrogen-bond acceptors (Lipinski definition) is 2. The summed E-state index contributed by atoms with van der Waals surface area (Å²) in [6, 6.07) is 12.5. The molecule has 0 spiro atoms. The van der Waals surface area contributed by atoms with Crippen LogP contribution in [0.3, 0.4) is 0 Å². The molecule has 110 valence electrons. The van der Waals surface area contributed by atoms with Gasteiger partial charge in [0, 0.05) is 12.2 Å². The zero-order valence-corrected chi connectivity index (χ0v) is 12.9. The molecular formula is C18H23N3. The molecule has 0 fully saturated rings. The summed E-state index contributed by atoms with van der Waals surface area (Å²) in [5, 5.41) is 9.33. The first-order chi connectivity index (χ1) is 10.2. The van der Waals surface area contributed by atoms with Gasteiger partial charge in [-0.15, -0.1) is 0 Å². The number of aryl methyl sites for hydroxylation is 1. The highest BCUT2D eigenvalue weighted by Crippen LogP contribution is 2.22. The number of nitriles is 1. The van der Waals surface area contributed by atoms with Gasteiger partial charge in [-0.3, -0.25) is 0 Å². The Labute approximate surface area is 127 Å². The van der Waals surface area contributed by atoms with Crippen molar-refractivity contribution in [1.82, 2.24) is 4.57 Å². The number of anilines is 1. The Kier molecular flexibility index (Phi) is 5.05. The molecule has 0 unspecified atom stereocenters. The van der Waals surface area contributed by atoms with Gasteiger partial charge in [-0.05, 0) is 31.4 Å². The van der Waals surface area contributed by atoms with Gasteiger partial charge >= 0.3 is 0 Å². The van der Waals surface area contributed by atoms with Crippen molar-refractivity contribution in [3.8, 4) is 6.07 Å². The quantitative estimate of drug-likeness (QED) is 0.813. The summed E-state index contributed by atoms with van der Waals surface area (Å²) in [7, 11) is 0. The number of aromatic nitrogens is 1. The first-order valence-corrected chi connectivity index (χ1v) is 7.59. The highest BCUT2D eigenvalue weighted by Gasteiger charge is 2.13. The van der Waals surface area contributed by atoms with Crippen molar-refractivity contribution in [2.24, 2.45) is 0 Å². The summed E-state index contributed by atoms with van der Waals surface area (Å²) in [4.78, 5) is 0. The molecule has 0 atom stereocenters. The molecule has 1 aromatic heterocycles. The smallest absolute Gasteiger partial charge is 0.122 e. The fourth-order valence-corrected chi connectivity index (χ4v) is 2.70. The maximum Gasteiger partial charge on any atom is 0.122 e. The molecule has 0 amide bonds. The fraction of sp³-hybridized carbons (Fsp3) is 0.389. The Balaban J connectivity index is 2.30. The summed E-state index contributed by atoms with van der Waals surface area (Å²) in [5.74, 6) is 0. The molecule has 2 N–H and O–H groups in total. The monoisotopic (exact) mass is 281 g/mol. The number of hydrogen-bond donors (Lipinski definition) is 1. The van der Waals surface area contributed by atoms with Crippen molar-refractivity contribution >= 4 is 5.69 Å². The van der Waals surface area contributed by atoms with Gasteiger partial charge in [0.2, 0.25) is 0 Å². The SMILES string of the molecule is CCCCCc1c(N)cc(C#N)n1Cc1cccc(C)c1. The number of nitrogens with two attached hydrogens (primary N) is 1.